The van der Waals surface area contributed by atoms with E-state index in [1.807, 2.05) is 12.1 Å². The van der Waals surface area contributed by atoms with E-state index in [0.29, 0.717) is 5.52 Å². The van der Waals surface area contributed by atoms with Crippen LogP contribution < -0.4 is 0 Å². The fraction of sp³-hybridized carbons (Fsp3) is 0.250. The number of halogens is 1. The third kappa shape index (κ3) is 2.06. The standard InChI is InChI=1S/C16H16FNO3S/c1-16(9-7-15(21-2)13(17)11-16)22(19,20)18-10-8-12-5-3-4-6-14(12)18/h3-10H,11H2,1-2H3. The van der Waals surface area contributed by atoms with Gasteiger partial charge in [-0.2, -0.15) is 0 Å². The molecule has 1 unspecified atom stereocenters. The second kappa shape index (κ2) is 4.98. The topological polar surface area (TPSA) is 48.3 Å². The quantitative estimate of drug-likeness (QED) is 0.871. The highest BCUT2D eigenvalue weighted by Crippen LogP contribution is 2.36. The van der Waals surface area contributed by atoms with Crippen LogP contribution in [0, 0.1) is 0 Å². The van der Waals surface area contributed by atoms with Crippen molar-refractivity contribution in [1.82, 2.24) is 3.97 Å². The Morgan fingerprint density at radius 2 is 2.00 bits per heavy atom. The van der Waals surface area contributed by atoms with Gasteiger partial charge in [0, 0.05) is 18.0 Å². The molecule has 0 N–H and O–H groups in total. The average molecular weight is 321 g/mol. The third-order valence-electron chi connectivity index (χ3n) is 3.99. The summed E-state index contributed by atoms with van der Waals surface area (Å²) >= 11 is 0. The van der Waals surface area contributed by atoms with E-state index < -0.39 is 20.6 Å². The van der Waals surface area contributed by atoms with E-state index in [9.17, 15) is 12.8 Å². The van der Waals surface area contributed by atoms with Crippen LogP contribution in [-0.2, 0) is 14.8 Å². The Morgan fingerprint density at radius 3 is 2.68 bits per heavy atom. The Labute approximate surface area is 128 Å². The number of aromatic nitrogens is 1. The van der Waals surface area contributed by atoms with Gasteiger partial charge < -0.3 is 4.74 Å². The fourth-order valence-electron chi connectivity index (χ4n) is 2.64. The fourth-order valence-corrected chi connectivity index (χ4v) is 4.29. The van der Waals surface area contributed by atoms with Gasteiger partial charge in [0.1, 0.15) is 16.3 Å². The van der Waals surface area contributed by atoms with E-state index in [-0.39, 0.29) is 12.2 Å². The number of rotatable bonds is 3. The Morgan fingerprint density at radius 1 is 1.27 bits per heavy atom. The lowest BCUT2D eigenvalue weighted by Crippen LogP contribution is -2.39. The summed E-state index contributed by atoms with van der Waals surface area (Å²) < 4.78 is 44.8. The molecule has 0 saturated heterocycles. The maximum Gasteiger partial charge on any atom is 0.248 e. The van der Waals surface area contributed by atoms with Crippen molar-refractivity contribution < 1.29 is 17.5 Å². The lowest BCUT2D eigenvalue weighted by molar-refractivity contribution is 0.281. The van der Waals surface area contributed by atoms with Crippen molar-refractivity contribution >= 4 is 20.9 Å². The molecule has 1 aromatic heterocycles. The van der Waals surface area contributed by atoms with Gasteiger partial charge in [-0.15, -0.1) is 0 Å². The summed E-state index contributed by atoms with van der Waals surface area (Å²) in [6, 6.07) is 8.92. The maximum atomic E-state index is 14.1. The molecule has 0 fully saturated rings. The lowest BCUT2D eigenvalue weighted by atomic mass is 10.0. The number of benzene rings is 1. The van der Waals surface area contributed by atoms with Gasteiger partial charge in [0.05, 0.1) is 12.6 Å². The highest BCUT2D eigenvalue weighted by molar-refractivity contribution is 7.91. The van der Waals surface area contributed by atoms with Gasteiger partial charge in [-0.25, -0.2) is 16.8 Å². The minimum absolute atomic E-state index is 0.0741. The first kappa shape index (κ1) is 14.8. The molecule has 0 aliphatic heterocycles. The predicted molar refractivity (Wildman–Crippen MR) is 83.6 cm³/mol. The molecule has 0 spiro atoms. The molecule has 6 heteroatoms. The SMILES string of the molecule is COC1=C(F)CC(C)(S(=O)(=O)n2ccc3ccccc32)C=C1. The van der Waals surface area contributed by atoms with Gasteiger partial charge in [-0.3, -0.25) is 0 Å². The number of hydrogen-bond acceptors (Lipinski definition) is 3. The number of methoxy groups -OCH3 is 1. The summed E-state index contributed by atoms with van der Waals surface area (Å²) in [5, 5.41) is 0.822. The molecule has 1 atom stereocenters. The lowest BCUT2D eigenvalue weighted by Gasteiger charge is -2.29. The molecule has 1 aliphatic carbocycles. The summed E-state index contributed by atoms with van der Waals surface area (Å²) in [6.45, 7) is 1.51. The molecule has 4 nitrogen and oxygen atoms in total. The molecule has 3 rings (SSSR count). The zero-order chi connectivity index (χ0) is 16.0. The Kier molecular flexibility index (Phi) is 3.36. The van der Waals surface area contributed by atoms with Crippen molar-refractivity contribution in [2.24, 2.45) is 0 Å². The number of para-hydroxylation sites is 1. The van der Waals surface area contributed by atoms with Crippen molar-refractivity contribution in [3.8, 4) is 0 Å². The summed E-state index contributed by atoms with van der Waals surface area (Å²) in [7, 11) is -2.45. The average Bonchev–Trinajstić information content (AvgIpc) is 2.91. The van der Waals surface area contributed by atoms with E-state index in [1.165, 1.54) is 36.4 Å². The van der Waals surface area contributed by atoms with Gasteiger partial charge in [0.15, 0.2) is 0 Å². The highest BCUT2D eigenvalue weighted by Gasteiger charge is 2.42. The second-order valence-corrected chi connectivity index (χ2v) is 7.75. The number of allylic oxidation sites excluding steroid dienone is 2. The van der Waals surface area contributed by atoms with E-state index in [2.05, 4.69) is 0 Å². The summed E-state index contributed by atoms with van der Waals surface area (Å²) in [5.74, 6) is -0.488. The normalized spacial score (nSPS) is 22.3. The van der Waals surface area contributed by atoms with Crippen LogP contribution in [0.2, 0.25) is 0 Å². The molecular formula is C16H16FNO3S. The summed E-state index contributed by atoms with van der Waals surface area (Å²) in [4.78, 5) is 0. The molecule has 22 heavy (non-hydrogen) atoms. The van der Waals surface area contributed by atoms with Crippen molar-refractivity contribution in [1.29, 1.82) is 0 Å². The molecule has 0 radical (unpaired) electrons. The van der Waals surface area contributed by atoms with Crippen molar-refractivity contribution in [3.63, 3.8) is 0 Å². The van der Waals surface area contributed by atoms with Crippen molar-refractivity contribution in [3.05, 3.63) is 60.3 Å². The molecule has 0 amide bonds. The van der Waals surface area contributed by atoms with Crippen molar-refractivity contribution in [2.45, 2.75) is 18.1 Å². The first-order valence-electron chi connectivity index (χ1n) is 6.82. The Balaban J connectivity index is 2.12. The van der Waals surface area contributed by atoms with E-state index in [0.717, 1.165) is 5.39 Å². The summed E-state index contributed by atoms with van der Waals surface area (Å²) in [5.41, 5.74) is 0.582. The van der Waals surface area contributed by atoms with Gasteiger partial charge in [0.2, 0.25) is 10.0 Å². The Hall–Kier alpha value is -2.08. The third-order valence-corrected chi connectivity index (χ3v) is 6.29. The molecular weight excluding hydrogens is 305 g/mol. The van der Waals surface area contributed by atoms with E-state index >= 15 is 0 Å². The molecule has 2 aromatic rings. The number of ether oxygens (including phenoxy) is 1. The van der Waals surface area contributed by atoms with Gasteiger partial charge in [-0.05, 0) is 25.1 Å². The van der Waals surface area contributed by atoms with Crippen LogP contribution in [0.4, 0.5) is 4.39 Å². The number of hydrogen-bond donors (Lipinski definition) is 0. The minimum Gasteiger partial charge on any atom is -0.494 e. The van der Waals surface area contributed by atoms with Gasteiger partial charge in [-0.1, -0.05) is 24.3 Å². The van der Waals surface area contributed by atoms with Gasteiger partial charge in [0.25, 0.3) is 0 Å². The highest BCUT2D eigenvalue weighted by atomic mass is 32.2. The molecule has 0 saturated carbocycles. The predicted octanol–water partition coefficient (Wildman–Crippen LogP) is 3.37. The Bertz CT molecular complexity index is 895. The van der Waals surface area contributed by atoms with E-state index in [4.69, 9.17) is 4.74 Å². The zero-order valence-electron chi connectivity index (χ0n) is 12.3. The molecule has 1 aromatic carbocycles. The first-order valence-corrected chi connectivity index (χ1v) is 8.26. The largest absolute Gasteiger partial charge is 0.494 e. The number of nitrogens with zero attached hydrogens (tertiary/aromatic N) is 1. The second-order valence-electron chi connectivity index (χ2n) is 5.47. The summed E-state index contributed by atoms with van der Waals surface area (Å²) in [6.07, 6.45) is 4.12. The van der Waals surface area contributed by atoms with Crippen LogP contribution >= 0.6 is 0 Å². The smallest absolute Gasteiger partial charge is 0.248 e. The first-order chi connectivity index (χ1) is 10.4. The molecule has 1 aliphatic rings. The van der Waals surface area contributed by atoms with E-state index in [1.54, 1.807) is 18.2 Å². The minimum atomic E-state index is -3.81. The molecule has 116 valence electrons. The zero-order valence-corrected chi connectivity index (χ0v) is 13.1. The van der Waals surface area contributed by atoms with Crippen LogP contribution in [0.25, 0.3) is 10.9 Å². The van der Waals surface area contributed by atoms with Crippen LogP contribution in [0.3, 0.4) is 0 Å². The van der Waals surface area contributed by atoms with Crippen LogP contribution in [0.1, 0.15) is 13.3 Å². The van der Waals surface area contributed by atoms with Gasteiger partial charge >= 0.3 is 0 Å². The molecule has 1 heterocycles. The maximum absolute atomic E-state index is 14.1. The van der Waals surface area contributed by atoms with Crippen molar-refractivity contribution in [2.75, 3.05) is 7.11 Å². The monoisotopic (exact) mass is 321 g/mol. The van der Waals surface area contributed by atoms with Crippen LogP contribution in [-0.4, -0.2) is 24.2 Å². The molecule has 0 bridgehead atoms. The van der Waals surface area contributed by atoms with Crippen LogP contribution in [0.15, 0.2) is 60.3 Å². The number of fused-ring (bicyclic) bond motifs is 1. The van der Waals surface area contributed by atoms with Crippen LogP contribution in [0.5, 0.6) is 0 Å².